The number of rotatable bonds is 6. The van der Waals surface area contributed by atoms with Crippen LogP contribution in [-0.4, -0.2) is 30.3 Å². The van der Waals surface area contributed by atoms with Crippen LogP contribution in [0, 0.1) is 41.4 Å². The molecule has 0 aromatic heterocycles. The van der Waals surface area contributed by atoms with Crippen LogP contribution in [0.5, 0.6) is 0 Å². The minimum atomic E-state index is -0.407. The number of nitrogens with zero attached hydrogens (tertiary/aromatic N) is 1. The van der Waals surface area contributed by atoms with Gasteiger partial charge in [0.2, 0.25) is 11.8 Å². The number of nitrogens with one attached hydrogen (secondary N) is 1. The van der Waals surface area contributed by atoms with E-state index in [0.29, 0.717) is 40.9 Å². The van der Waals surface area contributed by atoms with Crippen molar-refractivity contribution >= 4 is 35.1 Å². The molecule has 7 rings (SSSR count). The van der Waals surface area contributed by atoms with Crippen LogP contribution in [0.1, 0.15) is 41.0 Å². The maximum atomic E-state index is 13.4. The number of allylic oxidation sites excluding steroid dienone is 2. The topological polar surface area (TPSA) is 92.8 Å². The zero-order chi connectivity index (χ0) is 25.1. The van der Waals surface area contributed by atoms with Crippen molar-refractivity contribution in [3.63, 3.8) is 0 Å². The maximum absolute atomic E-state index is 13.4. The van der Waals surface area contributed by atoms with Gasteiger partial charge in [0.25, 0.3) is 5.91 Å². The molecule has 1 N–H and O–H groups in total. The first kappa shape index (κ1) is 22.7. The normalized spacial score (nSPS) is 29.2. The largest absolute Gasteiger partial charge is 0.462 e. The Bertz CT molecular complexity index is 1260. The van der Waals surface area contributed by atoms with E-state index in [-0.39, 0.29) is 47.3 Å². The van der Waals surface area contributed by atoms with Gasteiger partial charge in [0.05, 0.1) is 29.7 Å². The summed E-state index contributed by atoms with van der Waals surface area (Å²) in [7, 11) is 0. The summed E-state index contributed by atoms with van der Waals surface area (Å²) in [6.07, 6.45) is 5.41. The molecule has 184 valence electrons. The van der Waals surface area contributed by atoms with Crippen molar-refractivity contribution in [1.29, 1.82) is 0 Å². The highest BCUT2D eigenvalue weighted by Gasteiger charge is 2.67. The molecule has 2 saturated carbocycles. The Morgan fingerprint density at radius 3 is 2.19 bits per heavy atom. The zero-order valence-electron chi connectivity index (χ0n) is 20.2. The highest BCUT2D eigenvalue weighted by Crippen LogP contribution is 2.65. The minimum Gasteiger partial charge on any atom is -0.462 e. The average molecular weight is 485 g/mol. The smallest absolute Gasteiger partial charge is 0.338 e. The fraction of sp³-hybridized carbons (Fsp3) is 0.379. The second-order valence-corrected chi connectivity index (χ2v) is 10.7. The number of hydrogen-bond donors (Lipinski definition) is 1. The Hall–Kier alpha value is -3.74. The fourth-order valence-corrected chi connectivity index (χ4v) is 6.22. The van der Waals surface area contributed by atoms with Gasteiger partial charge in [0.15, 0.2) is 0 Å². The minimum absolute atomic E-state index is 0.146. The Morgan fingerprint density at radius 1 is 0.944 bits per heavy atom. The number of esters is 1. The van der Waals surface area contributed by atoms with Gasteiger partial charge in [-0.25, -0.2) is 9.69 Å². The highest BCUT2D eigenvalue weighted by atomic mass is 16.5. The van der Waals surface area contributed by atoms with Gasteiger partial charge in [0.1, 0.15) is 0 Å². The van der Waals surface area contributed by atoms with E-state index in [9.17, 15) is 19.2 Å². The van der Waals surface area contributed by atoms with Crippen molar-refractivity contribution in [2.24, 2.45) is 41.4 Å². The van der Waals surface area contributed by atoms with Crippen molar-refractivity contribution in [1.82, 2.24) is 0 Å². The lowest BCUT2D eigenvalue weighted by molar-refractivity contribution is -0.124. The summed E-state index contributed by atoms with van der Waals surface area (Å²) in [4.78, 5) is 53.1. The number of benzene rings is 2. The molecular formula is C29H28N2O5. The van der Waals surface area contributed by atoms with Crippen LogP contribution in [0.15, 0.2) is 60.7 Å². The van der Waals surface area contributed by atoms with Crippen LogP contribution in [0.2, 0.25) is 0 Å². The Kier molecular flexibility index (Phi) is 5.32. The van der Waals surface area contributed by atoms with Gasteiger partial charge in [-0.05, 0) is 78.5 Å². The van der Waals surface area contributed by atoms with E-state index in [2.05, 4.69) is 17.5 Å². The van der Waals surface area contributed by atoms with E-state index in [1.807, 2.05) is 13.8 Å². The lowest BCUT2D eigenvalue weighted by atomic mass is 9.63. The molecule has 6 unspecified atom stereocenters. The van der Waals surface area contributed by atoms with Crippen molar-refractivity contribution < 1.29 is 23.9 Å². The van der Waals surface area contributed by atoms with Gasteiger partial charge in [-0.3, -0.25) is 14.4 Å². The van der Waals surface area contributed by atoms with Crippen LogP contribution in [-0.2, 0) is 14.3 Å². The molecule has 1 heterocycles. The van der Waals surface area contributed by atoms with E-state index in [1.165, 1.54) is 4.90 Å². The molecule has 2 aromatic rings. The van der Waals surface area contributed by atoms with Crippen molar-refractivity contribution in [3.05, 3.63) is 71.8 Å². The number of amides is 3. The molecule has 4 aliphatic carbocycles. The van der Waals surface area contributed by atoms with E-state index in [0.717, 1.165) is 6.42 Å². The predicted octanol–water partition coefficient (Wildman–Crippen LogP) is 4.31. The van der Waals surface area contributed by atoms with Crippen molar-refractivity contribution in [2.75, 3.05) is 16.8 Å². The second kappa shape index (κ2) is 8.43. The number of ether oxygens (including phenoxy) is 1. The molecule has 6 atom stereocenters. The van der Waals surface area contributed by atoms with Crippen LogP contribution < -0.4 is 10.2 Å². The summed E-state index contributed by atoms with van der Waals surface area (Å²) in [5.41, 5.74) is 1.70. The number of hydrogen-bond acceptors (Lipinski definition) is 5. The van der Waals surface area contributed by atoms with Gasteiger partial charge in [-0.1, -0.05) is 32.1 Å². The van der Waals surface area contributed by atoms with Gasteiger partial charge in [0, 0.05) is 11.3 Å². The standard InChI is InChI=1S/C29H28N2O5/c1-15(2)14-36-29(35)16-6-8-18(9-7-16)30-26(32)17-4-3-5-19(12-17)31-27(33)24-20-10-11-21(23-13-22(20)23)25(24)28(31)34/h3-12,15,20-25H,13-14H2,1-2H3,(H,30,32). The van der Waals surface area contributed by atoms with E-state index in [4.69, 9.17) is 4.74 Å². The molecule has 7 nitrogen and oxygen atoms in total. The van der Waals surface area contributed by atoms with Gasteiger partial charge < -0.3 is 10.1 Å². The zero-order valence-corrected chi connectivity index (χ0v) is 20.2. The van der Waals surface area contributed by atoms with Gasteiger partial charge in [-0.2, -0.15) is 0 Å². The van der Waals surface area contributed by atoms with Gasteiger partial charge in [-0.15, -0.1) is 0 Å². The monoisotopic (exact) mass is 484 g/mol. The van der Waals surface area contributed by atoms with Crippen LogP contribution >= 0.6 is 0 Å². The second-order valence-electron chi connectivity index (χ2n) is 10.7. The van der Waals surface area contributed by atoms with E-state index in [1.54, 1.807) is 48.5 Å². The number of anilines is 2. The molecule has 1 saturated heterocycles. The SMILES string of the molecule is CC(C)COC(=O)c1ccc(NC(=O)c2cccc(N3C(=O)C4C5C=CC(C6CC56)C4C3=O)c2)cc1. The van der Waals surface area contributed by atoms with Crippen LogP contribution in [0.25, 0.3) is 0 Å². The van der Waals surface area contributed by atoms with Crippen molar-refractivity contribution in [2.45, 2.75) is 20.3 Å². The third-order valence-corrected chi connectivity index (χ3v) is 7.96. The fourth-order valence-electron chi connectivity index (χ4n) is 6.22. The Morgan fingerprint density at radius 2 is 1.58 bits per heavy atom. The molecular weight excluding hydrogens is 456 g/mol. The first-order valence-corrected chi connectivity index (χ1v) is 12.6. The molecule has 2 aromatic carbocycles. The molecule has 7 heteroatoms. The molecule has 5 aliphatic rings. The number of carbonyl (C=O) groups excluding carboxylic acids is 4. The molecule has 3 amide bonds. The third kappa shape index (κ3) is 3.65. The van der Waals surface area contributed by atoms with Gasteiger partial charge >= 0.3 is 5.97 Å². The lowest BCUT2D eigenvalue weighted by Gasteiger charge is -2.37. The highest BCUT2D eigenvalue weighted by molar-refractivity contribution is 6.23. The first-order chi connectivity index (χ1) is 17.3. The Balaban J connectivity index is 1.16. The molecule has 0 radical (unpaired) electrons. The van der Waals surface area contributed by atoms with Crippen molar-refractivity contribution in [3.8, 4) is 0 Å². The third-order valence-electron chi connectivity index (χ3n) is 7.96. The summed E-state index contributed by atoms with van der Waals surface area (Å²) in [5.74, 6) is 0.0144. The summed E-state index contributed by atoms with van der Waals surface area (Å²) >= 11 is 0. The van der Waals surface area contributed by atoms with E-state index < -0.39 is 5.97 Å². The first-order valence-electron chi connectivity index (χ1n) is 12.6. The summed E-state index contributed by atoms with van der Waals surface area (Å²) in [6, 6.07) is 13.1. The average Bonchev–Trinajstić information content (AvgIpc) is 3.66. The quantitative estimate of drug-likeness (QED) is 0.375. The van der Waals surface area contributed by atoms with Crippen LogP contribution in [0.4, 0.5) is 11.4 Å². The molecule has 0 spiro atoms. The maximum Gasteiger partial charge on any atom is 0.338 e. The molecule has 36 heavy (non-hydrogen) atoms. The number of imide groups is 1. The Labute approximate surface area is 209 Å². The molecule has 1 aliphatic heterocycles. The summed E-state index contributed by atoms with van der Waals surface area (Å²) in [6.45, 7) is 4.27. The molecule has 3 fully saturated rings. The predicted molar refractivity (Wildman–Crippen MR) is 133 cm³/mol. The lowest BCUT2D eigenvalue weighted by Crippen LogP contribution is -2.40. The molecule has 2 bridgehead atoms. The summed E-state index contributed by atoms with van der Waals surface area (Å²) < 4.78 is 5.23. The summed E-state index contributed by atoms with van der Waals surface area (Å²) in [5, 5.41) is 2.81. The van der Waals surface area contributed by atoms with E-state index >= 15 is 0 Å². The number of carbonyl (C=O) groups is 4. The van der Waals surface area contributed by atoms with Crippen LogP contribution in [0.3, 0.4) is 0 Å².